The Balaban J connectivity index is 1.95. The lowest BCUT2D eigenvalue weighted by Gasteiger charge is -2.18. The highest BCUT2D eigenvalue weighted by atomic mass is 32.2. The summed E-state index contributed by atoms with van der Waals surface area (Å²) in [6, 6.07) is -0.843. The summed E-state index contributed by atoms with van der Waals surface area (Å²) < 4.78 is 42.2. The molecule has 0 spiro atoms. The highest BCUT2D eigenvalue weighted by Crippen LogP contribution is 2.50. The lowest BCUT2D eigenvalue weighted by atomic mass is 10.00. The molecule has 0 radical (unpaired) electrons. The van der Waals surface area contributed by atoms with Gasteiger partial charge in [-0.25, -0.2) is 9.36 Å². The fraction of sp³-hybridized carbons (Fsp3) is 0.706. The van der Waals surface area contributed by atoms with Gasteiger partial charge in [-0.1, -0.05) is 37.6 Å². The van der Waals surface area contributed by atoms with Crippen LogP contribution in [0.5, 0.6) is 0 Å². The van der Waals surface area contributed by atoms with Gasteiger partial charge in [-0.15, -0.1) is 4.20 Å². The van der Waals surface area contributed by atoms with Gasteiger partial charge >= 0.3 is 13.6 Å². The Morgan fingerprint density at radius 2 is 2.16 bits per heavy atom. The minimum absolute atomic E-state index is 0.0481. The zero-order valence-corrected chi connectivity index (χ0v) is 19.7. The number of hydrogen-bond acceptors (Lipinski definition) is 9. The van der Waals surface area contributed by atoms with Gasteiger partial charge in [0.05, 0.1) is 25.4 Å². The molecule has 0 bridgehead atoms. The second kappa shape index (κ2) is 10.8. The fourth-order valence-corrected chi connectivity index (χ4v) is 4.34. The Hall–Kier alpha value is -1.95. The monoisotopic (exact) mass is 493 g/mol. The molecule has 0 aromatic carbocycles. The van der Waals surface area contributed by atoms with Crippen molar-refractivity contribution in [3.8, 4) is 0 Å². The van der Waals surface area contributed by atoms with Crippen molar-refractivity contribution in [1.29, 1.82) is 0 Å². The second-order valence-corrected chi connectivity index (χ2v) is 10.5. The first-order chi connectivity index (χ1) is 14.8. The maximum atomic E-state index is 14.2. The van der Waals surface area contributed by atoms with E-state index in [4.69, 9.17) is 14.8 Å². The molecule has 1 aliphatic rings. The van der Waals surface area contributed by atoms with Crippen LogP contribution in [0.4, 0.5) is 4.20 Å². The smallest absolute Gasteiger partial charge is 0.352 e. The molecule has 2 heterocycles. The van der Waals surface area contributed by atoms with Crippen molar-refractivity contribution in [2.24, 2.45) is 10.5 Å². The van der Waals surface area contributed by atoms with Crippen molar-refractivity contribution in [3.05, 3.63) is 43.0 Å². The standard InChI is InChI=1S/C17H25FN5O7PS/c1-10-8-23(16(26)20-14(10)24)13-7-11(21-22-19)12(30-13)9-29-31(18,27)28-5-6-32-15(25)17(2,3)4/h8,11-13H,5-7,9H2,1-4H3,(H,20,24,26). The highest BCUT2D eigenvalue weighted by Gasteiger charge is 2.38. The number of rotatable bonds is 9. The van der Waals surface area contributed by atoms with E-state index in [2.05, 4.69) is 19.5 Å². The van der Waals surface area contributed by atoms with Crippen molar-refractivity contribution in [2.45, 2.75) is 52.5 Å². The van der Waals surface area contributed by atoms with Crippen LogP contribution >= 0.6 is 19.7 Å². The zero-order valence-electron chi connectivity index (χ0n) is 18.0. The topological polar surface area (TPSA) is 165 Å². The number of azide groups is 1. The number of aromatic amines is 1. The summed E-state index contributed by atoms with van der Waals surface area (Å²) in [6.07, 6.45) is -0.588. The van der Waals surface area contributed by atoms with Crippen LogP contribution in [0.15, 0.2) is 20.9 Å². The van der Waals surface area contributed by atoms with Crippen molar-refractivity contribution in [3.63, 3.8) is 0 Å². The molecule has 15 heteroatoms. The molecule has 1 N–H and O–H groups in total. The second-order valence-electron chi connectivity index (χ2n) is 8.06. The molecular weight excluding hydrogens is 468 g/mol. The lowest BCUT2D eigenvalue weighted by molar-refractivity contribution is -0.117. The molecule has 0 aliphatic carbocycles. The summed E-state index contributed by atoms with van der Waals surface area (Å²) >= 11 is 0.931. The molecule has 1 fully saturated rings. The number of nitrogens with one attached hydrogen (secondary N) is 1. The molecule has 2 rings (SSSR count). The number of H-pyrrole nitrogens is 1. The van der Waals surface area contributed by atoms with E-state index < -0.39 is 49.6 Å². The number of hydrogen-bond donors (Lipinski definition) is 1. The maximum Gasteiger partial charge on any atom is 0.513 e. The van der Waals surface area contributed by atoms with E-state index in [9.17, 15) is 23.1 Å². The first-order valence-corrected chi connectivity index (χ1v) is 12.0. The number of halogens is 1. The van der Waals surface area contributed by atoms with E-state index in [-0.39, 0.29) is 29.5 Å². The van der Waals surface area contributed by atoms with E-state index >= 15 is 0 Å². The Morgan fingerprint density at radius 1 is 1.47 bits per heavy atom. The van der Waals surface area contributed by atoms with Gasteiger partial charge in [0.25, 0.3) is 5.56 Å². The molecule has 1 saturated heterocycles. The number of aromatic nitrogens is 2. The Bertz CT molecular complexity index is 1050. The molecule has 0 amide bonds. The predicted molar refractivity (Wildman–Crippen MR) is 115 cm³/mol. The van der Waals surface area contributed by atoms with Gasteiger partial charge in [0, 0.05) is 34.3 Å². The van der Waals surface area contributed by atoms with Crippen LogP contribution in [0.1, 0.15) is 39.0 Å². The normalized spacial score (nSPS) is 22.8. The van der Waals surface area contributed by atoms with Crippen LogP contribution in [0.2, 0.25) is 0 Å². The van der Waals surface area contributed by atoms with E-state index in [1.54, 1.807) is 20.8 Å². The Labute approximate surface area is 187 Å². The summed E-state index contributed by atoms with van der Waals surface area (Å²) in [7, 11) is -4.96. The van der Waals surface area contributed by atoms with Crippen molar-refractivity contribution >= 4 is 24.8 Å². The number of carbonyl (C=O) groups excluding carboxylic acids is 1. The average Bonchev–Trinajstić information content (AvgIpc) is 3.08. The molecule has 4 unspecified atom stereocenters. The Kier molecular flexibility index (Phi) is 8.86. The molecule has 1 aliphatic heterocycles. The number of carbonyl (C=O) groups is 1. The Morgan fingerprint density at radius 3 is 2.78 bits per heavy atom. The molecule has 1 aromatic heterocycles. The van der Waals surface area contributed by atoms with Gasteiger partial charge in [-0.3, -0.25) is 28.2 Å². The van der Waals surface area contributed by atoms with Gasteiger partial charge in [0.2, 0.25) is 0 Å². The van der Waals surface area contributed by atoms with Crippen LogP contribution in [0.25, 0.3) is 10.4 Å². The number of ether oxygens (including phenoxy) is 1. The van der Waals surface area contributed by atoms with Gasteiger partial charge in [-0.05, 0) is 12.5 Å². The number of aryl methyl sites for hydroxylation is 1. The number of thioether (sulfide) groups is 1. The summed E-state index contributed by atoms with van der Waals surface area (Å²) in [5.74, 6) is 0.0885. The van der Waals surface area contributed by atoms with Crippen LogP contribution < -0.4 is 11.2 Å². The SMILES string of the molecule is Cc1cn(C2CC(N=[N+]=[N-])C(COP(=O)(F)OCCSC(=O)C(C)(C)C)O2)c(=O)[nH]c1=O. The molecule has 1 aromatic rings. The maximum absolute atomic E-state index is 14.2. The average molecular weight is 493 g/mol. The molecule has 4 atom stereocenters. The van der Waals surface area contributed by atoms with E-state index in [0.717, 1.165) is 16.3 Å². The van der Waals surface area contributed by atoms with E-state index in [0.29, 0.717) is 0 Å². The summed E-state index contributed by atoms with van der Waals surface area (Å²) in [5, 5.41) is 3.44. The van der Waals surface area contributed by atoms with E-state index in [1.807, 2.05) is 0 Å². The van der Waals surface area contributed by atoms with Crippen molar-refractivity contribution < 1.29 is 27.3 Å². The first kappa shape index (κ1) is 26.3. The van der Waals surface area contributed by atoms with E-state index in [1.165, 1.54) is 13.1 Å². The third-order valence-corrected chi connectivity index (χ3v) is 6.62. The zero-order chi connectivity index (χ0) is 24.1. The van der Waals surface area contributed by atoms with Crippen LogP contribution in [-0.4, -0.2) is 45.8 Å². The van der Waals surface area contributed by atoms with Crippen LogP contribution in [0, 0.1) is 12.3 Å². The van der Waals surface area contributed by atoms with Gasteiger partial charge in [0.15, 0.2) is 5.12 Å². The highest BCUT2D eigenvalue weighted by molar-refractivity contribution is 8.13. The largest absolute Gasteiger partial charge is 0.513 e. The summed E-state index contributed by atoms with van der Waals surface area (Å²) in [6.45, 7) is 5.83. The third kappa shape index (κ3) is 7.29. The molecule has 12 nitrogen and oxygen atoms in total. The van der Waals surface area contributed by atoms with Gasteiger partial charge < -0.3 is 4.74 Å². The number of nitrogens with zero attached hydrogens (tertiary/aromatic N) is 4. The lowest BCUT2D eigenvalue weighted by Crippen LogP contribution is -2.33. The minimum atomic E-state index is -4.96. The van der Waals surface area contributed by atoms with Crippen LogP contribution in [-0.2, 0) is 23.1 Å². The first-order valence-electron chi connectivity index (χ1n) is 9.62. The summed E-state index contributed by atoms with van der Waals surface area (Å²) in [5.41, 5.74) is 7.19. The molecule has 32 heavy (non-hydrogen) atoms. The minimum Gasteiger partial charge on any atom is -0.352 e. The predicted octanol–water partition coefficient (Wildman–Crippen LogP) is 3.23. The fourth-order valence-electron chi connectivity index (χ4n) is 2.72. The quantitative estimate of drug-likeness (QED) is 0.180. The third-order valence-electron chi connectivity index (χ3n) is 4.43. The van der Waals surface area contributed by atoms with Gasteiger partial charge in [-0.2, -0.15) is 0 Å². The molecule has 0 saturated carbocycles. The summed E-state index contributed by atoms with van der Waals surface area (Å²) in [4.78, 5) is 40.3. The van der Waals surface area contributed by atoms with Gasteiger partial charge in [0.1, 0.15) is 6.23 Å². The molecular formula is C17H25FN5O7PS. The molecule has 178 valence electrons. The van der Waals surface area contributed by atoms with Crippen molar-refractivity contribution in [2.75, 3.05) is 19.0 Å². The van der Waals surface area contributed by atoms with Crippen LogP contribution in [0.3, 0.4) is 0 Å². The van der Waals surface area contributed by atoms with Crippen molar-refractivity contribution in [1.82, 2.24) is 9.55 Å².